The first-order valence-corrected chi connectivity index (χ1v) is 4.56. The molecule has 0 aromatic carbocycles. The molecule has 0 unspecified atom stereocenters. The minimum absolute atomic E-state index is 0.253. The van der Waals surface area contributed by atoms with E-state index in [2.05, 4.69) is 6.58 Å². The Morgan fingerprint density at radius 3 is 2.27 bits per heavy atom. The molecule has 0 aliphatic carbocycles. The Morgan fingerprint density at radius 1 is 1.40 bits per heavy atom. The topological polar surface area (TPSA) is 35.2 Å². The van der Waals surface area contributed by atoms with Crippen molar-refractivity contribution >= 4 is 0 Å². The van der Waals surface area contributed by atoms with Crippen LogP contribution in [0.4, 0.5) is 8.78 Å². The van der Waals surface area contributed by atoms with E-state index in [1.54, 1.807) is 26.8 Å². The fourth-order valence-electron chi connectivity index (χ4n) is 0.820. The van der Waals surface area contributed by atoms with Gasteiger partial charge in [0.05, 0.1) is 5.70 Å². The number of hydrogen-bond donors (Lipinski definition) is 1. The van der Waals surface area contributed by atoms with Gasteiger partial charge in [-0.1, -0.05) is 12.2 Å². The lowest BCUT2D eigenvalue weighted by Crippen LogP contribution is -2.11. The molecule has 2 nitrogen and oxygen atoms in total. The van der Waals surface area contributed by atoms with Gasteiger partial charge in [-0.15, -0.1) is 0 Å². The molecule has 2 N–H and O–H groups in total. The average molecular weight is 217 g/mol. The summed E-state index contributed by atoms with van der Waals surface area (Å²) in [6, 6.07) is 0. The second kappa shape index (κ2) is 6.22. The van der Waals surface area contributed by atoms with E-state index >= 15 is 0 Å². The fraction of sp³-hybridized carbons (Fsp3) is 0.455. The molecule has 0 saturated carbocycles. The number of allylic oxidation sites excluding steroid dienone is 3. The maximum atomic E-state index is 12.0. The van der Waals surface area contributed by atoms with E-state index in [0.717, 1.165) is 5.57 Å². The first kappa shape index (κ1) is 13.7. The Morgan fingerprint density at radius 2 is 1.93 bits per heavy atom. The van der Waals surface area contributed by atoms with Crippen LogP contribution in [0.1, 0.15) is 20.8 Å². The molecule has 0 saturated heterocycles. The van der Waals surface area contributed by atoms with Crippen LogP contribution in [-0.2, 0) is 4.74 Å². The van der Waals surface area contributed by atoms with Gasteiger partial charge in [0.25, 0.3) is 6.43 Å². The molecule has 86 valence electrons. The molecule has 0 radical (unpaired) electrons. The van der Waals surface area contributed by atoms with Crippen molar-refractivity contribution in [3.05, 3.63) is 35.3 Å². The van der Waals surface area contributed by atoms with Gasteiger partial charge >= 0.3 is 0 Å². The van der Waals surface area contributed by atoms with Crippen LogP contribution in [0.15, 0.2) is 35.3 Å². The van der Waals surface area contributed by atoms with E-state index in [0.29, 0.717) is 11.3 Å². The second-order valence-corrected chi connectivity index (χ2v) is 3.47. The van der Waals surface area contributed by atoms with Crippen LogP contribution in [0.25, 0.3) is 0 Å². The highest BCUT2D eigenvalue weighted by Crippen LogP contribution is 2.14. The molecule has 0 aliphatic rings. The molecular weight excluding hydrogens is 200 g/mol. The SMILES string of the molecule is C=C(C)/C=C(/OCC(F)F)C(N)=C(C)C. The Kier molecular flexibility index (Phi) is 5.67. The minimum Gasteiger partial charge on any atom is -0.485 e. The molecule has 0 aromatic rings. The van der Waals surface area contributed by atoms with Crippen molar-refractivity contribution in [3.63, 3.8) is 0 Å². The van der Waals surface area contributed by atoms with Crippen LogP contribution in [0.5, 0.6) is 0 Å². The number of hydrogen-bond acceptors (Lipinski definition) is 2. The summed E-state index contributed by atoms with van der Waals surface area (Å²) in [5.74, 6) is 0.253. The van der Waals surface area contributed by atoms with Crippen molar-refractivity contribution in [1.29, 1.82) is 0 Å². The Labute approximate surface area is 89.1 Å². The summed E-state index contributed by atoms with van der Waals surface area (Å²) in [6.07, 6.45) is -0.964. The van der Waals surface area contributed by atoms with Crippen molar-refractivity contribution in [2.45, 2.75) is 27.2 Å². The summed E-state index contributed by atoms with van der Waals surface area (Å²) >= 11 is 0. The maximum absolute atomic E-state index is 12.0. The van der Waals surface area contributed by atoms with Crippen LogP contribution < -0.4 is 5.73 Å². The maximum Gasteiger partial charge on any atom is 0.272 e. The van der Waals surface area contributed by atoms with E-state index in [1.165, 1.54) is 0 Å². The lowest BCUT2D eigenvalue weighted by atomic mass is 10.2. The normalized spacial score (nSPS) is 11.5. The van der Waals surface area contributed by atoms with Crippen LogP contribution in [0, 0.1) is 0 Å². The molecular formula is C11H17F2NO. The number of halogens is 2. The van der Waals surface area contributed by atoms with Crippen LogP contribution in [0.2, 0.25) is 0 Å². The predicted octanol–water partition coefficient (Wildman–Crippen LogP) is 2.98. The van der Waals surface area contributed by atoms with E-state index in [-0.39, 0.29) is 5.76 Å². The highest BCUT2D eigenvalue weighted by Gasteiger charge is 2.08. The Bertz CT molecular complexity index is 289. The summed E-state index contributed by atoms with van der Waals surface area (Å²) in [5.41, 5.74) is 7.58. The molecule has 0 bridgehead atoms. The van der Waals surface area contributed by atoms with Gasteiger partial charge in [0.15, 0.2) is 0 Å². The molecule has 15 heavy (non-hydrogen) atoms. The summed E-state index contributed by atoms with van der Waals surface area (Å²) in [4.78, 5) is 0. The van der Waals surface area contributed by atoms with Crippen molar-refractivity contribution in [2.75, 3.05) is 6.61 Å². The van der Waals surface area contributed by atoms with Gasteiger partial charge in [-0.25, -0.2) is 8.78 Å². The van der Waals surface area contributed by atoms with Gasteiger partial charge in [-0.2, -0.15) is 0 Å². The van der Waals surface area contributed by atoms with Gasteiger partial charge in [0.2, 0.25) is 0 Å². The van der Waals surface area contributed by atoms with Crippen LogP contribution in [-0.4, -0.2) is 13.0 Å². The molecule has 0 aromatic heterocycles. The molecule has 0 spiro atoms. The van der Waals surface area contributed by atoms with Gasteiger partial charge in [-0.05, 0) is 32.4 Å². The average Bonchev–Trinajstić information content (AvgIpc) is 2.10. The molecule has 0 aliphatic heterocycles. The van der Waals surface area contributed by atoms with Crippen LogP contribution >= 0.6 is 0 Å². The predicted molar refractivity (Wildman–Crippen MR) is 57.4 cm³/mol. The zero-order valence-electron chi connectivity index (χ0n) is 9.31. The zero-order chi connectivity index (χ0) is 12.0. The fourth-order valence-corrected chi connectivity index (χ4v) is 0.820. The monoisotopic (exact) mass is 217 g/mol. The quantitative estimate of drug-likeness (QED) is 0.567. The smallest absolute Gasteiger partial charge is 0.272 e. The largest absolute Gasteiger partial charge is 0.485 e. The summed E-state index contributed by atoms with van der Waals surface area (Å²) < 4.78 is 28.8. The summed E-state index contributed by atoms with van der Waals surface area (Å²) in [6.45, 7) is 8.29. The molecule has 0 amide bonds. The third-order valence-corrected chi connectivity index (χ3v) is 1.55. The summed E-state index contributed by atoms with van der Waals surface area (Å²) in [5, 5.41) is 0. The Balaban J connectivity index is 4.76. The van der Waals surface area contributed by atoms with Crippen molar-refractivity contribution in [1.82, 2.24) is 0 Å². The number of alkyl halides is 2. The molecule has 0 fully saturated rings. The minimum atomic E-state index is -2.51. The number of rotatable bonds is 5. The van der Waals surface area contributed by atoms with Gasteiger partial charge in [-0.3, -0.25) is 0 Å². The third kappa shape index (κ3) is 5.88. The first-order valence-electron chi connectivity index (χ1n) is 4.56. The molecule has 0 heterocycles. The standard InChI is InChI=1S/C11H17F2NO/c1-7(2)5-9(11(14)8(3)4)15-6-10(12)13/h5,10H,1,6,14H2,2-4H3/b9-5+. The van der Waals surface area contributed by atoms with E-state index in [1.807, 2.05) is 0 Å². The molecule has 4 heteroatoms. The highest BCUT2D eigenvalue weighted by molar-refractivity contribution is 5.31. The molecule has 0 atom stereocenters. The molecule has 0 rings (SSSR count). The van der Waals surface area contributed by atoms with Crippen molar-refractivity contribution in [3.8, 4) is 0 Å². The Hall–Kier alpha value is -1.32. The van der Waals surface area contributed by atoms with Crippen molar-refractivity contribution in [2.24, 2.45) is 5.73 Å². The zero-order valence-corrected chi connectivity index (χ0v) is 9.31. The van der Waals surface area contributed by atoms with Crippen LogP contribution in [0.3, 0.4) is 0 Å². The van der Waals surface area contributed by atoms with Gasteiger partial charge in [0, 0.05) is 0 Å². The van der Waals surface area contributed by atoms with E-state index in [4.69, 9.17) is 10.5 Å². The lowest BCUT2D eigenvalue weighted by Gasteiger charge is -2.12. The lowest BCUT2D eigenvalue weighted by molar-refractivity contribution is 0.0509. The van der Waals surface area contributed by atoms with E-state index < -0.39 is 13.0 Å². The third-order valence-electron chi connectivity index (χ3n) is 1.55. The van der Waals surface area contributed by atoms with Crippen molar-refractivity contribution < 1.29 is 13.5 Å². The number of nitrogens with two attached hydrogens (primary N) is 1. The van der Waals surface area contributed by atoms with Gasteiger partial charge in [0.1, 0.15) is 12.4 Å². The first-order chi connectivity index (χ1) is 6.84. The second-order valence-electron chi connectivity index (χ2n) is 3.47. The van der Waals surface area contributed by atoms with E-state index in [9.17, 15) is 8.78 Å². The highest BCUT2D eigenvalue weighted by atomic mass is 19.3. The van der Waals surface area contributed by atoms with Gasteiger partial charge < -0.3 is 10.5 Å². The summed E-state index contributed by atoms with van der Waals surface area (Å²) in [7, 11) is 0. The number of ether oxygens (including phenoxy) is 1.